The summed E-state index contributed by atoms with van der Waals surface area (Å²) < 4.78 is 37.8. The van der Waals surface area contributed by atoms with Crippen LogP contribution in [0.2, 0.25) is 0 Å². The van der Waals surface area contributed by atoms with E-state index in [1.165, 1.54) is 17.0 Å². The van der Waals surface area contributed by atoms with Crippen LogP contribution in [0.3, 0.4) is 0 Å². The highest BCUT2D eigenvalue weighted by Gasteiger charge is 2.35. The lowest BCUT2D eigenvalue weighted by molar-refractivity contribution is -0.137. The van der Waals surface area contributed by atoms with Crippen LogP contribution in [-0.4, -0.2) is 23.7 Å². The Balaban J connectivity index is 2.26. The smallest absolute Gasteiger partial charge is 0.393 e. The van der Waals surface area contributed by atoms with Gasteiger partial charge < -0.3 is 10.0 Å². The minimum absolute atomic E-state index is 0.161. The number of carbonyl (C=O) groups excluding carboxylic acids is 1. The van der Waals surface area contributed by atoms with Crippen molar-refractivity contribution < 1.29 is 23.1 Å². The largest absolute Gasteiger partial charge is 0.416 e. The molecule has 1 aliphatic heterocycles. The Morgan fingerprint density at radius 3 is 2.63 bits per heavy atom. The van der Waals surface area contributed by atoms with Crippen molar-refractivity contribution in [2.45, 2.75) is 25.6 Å². The predicted octanol–water partition coefficient (Wildman–Crippen LogP) is 2.44. The van der Waals surface area contributed by atoms with Gasteiger partial charge in [0, 0.05) is 24.6 Å². The first-order valence-corrected chi connectivity index (χ1v) is 5.94. The quantitative estimate of drug-likeness (QED) is 0.899. The van der Waals surface area contributed by atoms with Gasteiger partial charge in [0.05, 0.1) is 11.7 Å². The fraction of sp³-hybridized carbons (Fsp3) is 0.462. The molecule has 19 heavy (non-hydrogen) atoms. The average molecular weight is 273 g/mol. The molecular weight excluding hydrogens is 259 g/mol. The van der Waals surface area contributed by atoms with Gasteiger partial charge in [0.1, 0.15) is 0 Å². The molecule has 0 saturated carbocycles. The summed E-state index contributed by atoms with van der Waals surface area (Å²) in [6, 6.07) is 4.68. The Kier molecular flexibility index (Phi) is 3.54. The predicted molar refractivity (Wildman–Crippen MR) is 63.6 cm³/mol. The van der Waals surface area contributed by atoms with Gasteiger partial charge in [-0.15, -0.1) is 0 Å². The minimum Gasteiger partial charge on any atom is -0.393 e. The second-order valence-electron chi connectivity index (χ2n) is 4.76. The van der Waals surface area contributed by atoms with Crippen LogP contribution in [0.1, 0.15) is 18.9 Å². The highest BCUT2D eigenvalue weighted by molar-refractivity contribution is 5.95. The third-order valence-corrected chi connectivity index (χ3v) is 3.32. The van der Waals surface area contributed by atoms with Crippen LogP contribution in [0, 0.1) is 5.92 Å². The Hall–Kier alpha value is -1.56. The van der Waals surface area contributed by atoms with Crippen molar-refractivity contribution >= 4 is 11.6 Å². The summed E-state index contributed by atoms with van der Waals surface area (Å²) in [6.45, 7) is 1.82. The zero-order chi connectivity index (χ0) is 14.2. The first kappa shape index (κ1) is 13.9. The molecule has 1 aromatic carbocycles. The van der Waals surface area contributed by atoms with Crippen molar-refractivity contribution in [1.82, 2.24) is 0 Å². The van der Waals surface area contributed by atoms with E-state index in [-0.39, 0.29) is 30.5 Å². The molecule has 0 spiro atoms. The van der Waals surface area contributed by atoms with E-state index >= 15 is 0 Å². The van der Waals surface area contributed by atoms with Crippen molar-refractivity contribution in [3.8, 4) is 0 Å². The normalized spacial score (nSPS) is 21.8. The maximum atomic E-state index is 12.6. The molecule has 3 nitrogen and oxygen atoms in total. The van der Waals surface area contributed by atoms with Crippen LogP contribution in [0.4, 0.5) is 18.9 Å². The third-order valence-electron chi connectivity index (χ3n) is 3.32. The maximum Gasteiger partial charge on any atom is 0.416 e. The molecule has 1 aromatic rings. The van der Waals surface area contributed by atoms with Gasteiger partial charge in [0.25, 0.3) is 0 Å². The highest BCUT2D eigenvalue weighted by Crippen LogP contribution is 2.33. The molecule has 1 saturated heterocycles. The first-order chi connectivity index (χ1) is 8.79. The van der Waals surface area contributed by atoms with Gasteiger partial charge in [-0.3, -0.25) is 4.79 Å². The van der Waals surface area contributed by atoms with Crippen molar-refractivity contribution in [3.05, 3.63) is 29.8 Å². The lowest BCUT2D eigenvalue weighted by atomic mass is 10.0. The van der Waals surface area contributed by atoms with Gasteiger partial charge in [-0.25, -0.2) is 0 Å². The molecule has 1 N–H and O–H groups in total. The molecule has 1 amide bonds. The topological polar surface area (TPSA) is 40.5 Å². The zero-order valence-corrected chi connectivity index (χ0v) is 10.3. The minimum atomic E-state index is -4.43. The van der Waals surface area contributed by atoms with Gasteiger partial charge in [-0.05, 0) is 25.1 Å². The molecule has 2 unspecified atom stereocenters. The van der Waals surface area contributed by atoms with E-state index in [1.54, 1.807) is 6.92 Å². The average Bonchev–Trinajstić information content (AvgIpc) is 2.71. The van der Waals surface area contributed by atoms with Gasteiger partial charge in [-0.1, -0.05) is 6.07 Å². The van der Waals surface area contributed by atoms with E-state index in [2.05, 4.69) is 0 Å². The van der Waals surface area contributed by atoms with E-state index in [9.17, 15) is 23.1 Å². The number of anilines is 1. The summed E-state index contributed by atoms with van der Waals surface area (Å²) in [5.41, 5.74) is -0.554. The van der Waals surface area contributed by atoms with E-state index in [0.717, 1.165) is 12.1 Å². The van der Waals surface area contributed by atoms with E-state index in [4.69, 9.17) is 0 Å². The van der Waals surface area contributed by atoms with Crippen molar-refractivity contribution in [2.75, 3.05) is 11.4 Å². The fourth-order valence-electron chi connectivity index (χ4n) is 2.16. The summed E-state index contributed by atoms with van der Waals surface area (Å²) in [4.78, 5) is 13.1. The fourth-order valence-corrected chi connectivity index (χ4v) is 2.16. The molecule has 1 heterocycles. The molecule has 2 rings (SSSR count). The van der Waals surface area contributed by atoms with Crippen LogP contribution in [0.5, 0.6) is 0 Å². The molecule has 1 aliphatic rings. The number of alkyl halides is 3. The number of amides is 1. The van der Waals surface area contributed by atoms with Crippen LogP contribution in [-0.2, 0) is 11.0 Å². The SMILES string of the molecule is CC(O)C1CC(=O)N(c2cccc(C(F)(F)F)c2)C1. The second-order valence-corrected chi connectivity index (χ2v) is 4.76. The van der Waals surface area contributed by atoms with E-state index in [0.29, 0.717) is 0 Å². The number of halogens is 3. The molecule has 1 fully saturated rings. The zero-order valence-electron chi connectivity index (χ0n) is 10.3. The maximum absolute atomic E-state index is 12.6. The number of carbonyl (C=O) groups is 1. The van der Waals surface area contributed by atoms with Crippen molar-refractivity contribution in [3.63, 3.8) is 0 Å². The highest BCUT2D eigenvalue weighted by atomic mass is 19.4. The first-order valence-electron chi connectivity index (χ1n) is 5.94. The molecule has 0 aliphatic carbocycles. The molecule has 2 atom stereocenters. The van der Waals surface area contributed by atoms with Gasteiger partial charge in [-0.2, -0.15) is 13.2 Å². The monoisotopic (exact) mass is 273 g/mol. The van der Waals surface area contributed by atoms with Gasteiger partial charge >= 0.3 is 6.18 Å². The third kappa shape index (κ3) is 2.89. The summed E-state index contributed by atoms with van der Waals surface area (Å²) in [6.07, 6.45) is -4.92. The Bertz CT molecular complexity index is 485. The van der Waals surface area contributed by atoms with Crippen LogP contribution < -0.4 is 4.90 Å². The van der Waals surface area contributed by atoms with Crippen molar-refractivity contribution in [1.29, 1.82) is 0 Å². The number of benzene rings is 1. The molecule has 104 valence electrons. The van der Waals surface area contributed by atoms with Gasteiger partial charge in [0.15, 0.2) is 0 Å². The van der Waals surface area contributed by atoms with Crippen LogP contribution >= 0.6 is 0 Å². The number of nitrogens with zero attached hydrogens (tertiary/aromatic N) is 1. The van der Waals surface area contributed by atoms with Crippen molar-refractivity contribution in [2.24, 2.45) is 5.92 Å². The van der Waals surface area contributed by atoms with Gasteiger partial charge in [0.2, 0.25) is 5.91 Å². The van der Waals surface area contributed by atoms with Crippen LogP contribution in [0.25, 0.3) is 0 Å². The van der Waals surface area contributed by atoms with Crippen LogP contribution in [0.15, 0.2) is 24.3 Å². The lowest BCUT2D eigenvalue weighted by Gasteiger charge is -2.19. The second kappa shape index (κ2) is 4.85. The lowest BCUT2D eigenvalue weighted by Crippen LogP contribution is -2.26. The Morgan fingerprint density at radius 1 is 1.42 bits per heavy atom. The summed E-state index contributed by atoms with van der Waals surface area (Å²) in [5, 5.41) is 9.46. The molecule has 6 heteroatoms. The van der Waals surface area contributed by atoms with E-state index < -0.39 is 17.8 Å². The number of hydrogen-bond donors (Lipinski definition) is 1. The Morgan fingerprint density at radius 2 is 2.11 bits per heavy atom. The molecule has 0 aromatic heterocycles. The molecule has 0 radical (unpaired) electrons. The summed E-state index contributed by atoms with van der Waals surface area (Å²) in [5.74, 6) is -0.493. The standard InChI is InChI=1S/C13H14F3NO2/c1-8(18)9-5-12(19)17(7-9)11-4-2-3-10(6-11)13(14,15)16/h2-4,6,8-9,18H,5,7H2,1H3. The number of aliphatic hydroxyl groups excluding tert-OH is 1. The van der Waals surface area contributed by atoms with E-state index in [1.807, 2.05) is 0 Å². The Labute approximate surface area is 108 Å². The number of rotatable bonds is 2. The molecular formula is C13H14F3NO2. The number of aliphatic hydroxyl groups is 1. The summed E-state index contributed by atoms with van der Waals surface area (Å²) >= 11 is 0. The molecule has 0 bridgehead atoms. The summed E-state index contributed by atoms with van der Waals surface area (Å²) in [7, 11) is 0. The number of hydrogen-bond acceptors (Lipinski definition) is 2.